The van der Waals surface area contributed by atoms with Crippen LogP contribution in [-0.2, 0) is 22.9 Å². The fourth-order valence-corrected chi connectivity index (χ4v) is 3.16. The molecule has 0 radical (unpaired) electrons. The van der Waals surface area contributed by atoms with E-state index in [4.69, 9.17) is 0 Å². The van der Waals surface area contributed by atoms with E-state index in [1.165, 1.54) is 17.5 Å². The van der Waals surface area contributed by atoms with Gasteiger partial charge in [-0.3, -0.25) is 4.72 Å². The van der Waals surface area contributed by atoms with Crippen LogP contribution < -0.4 is 10.0 Å². The van der Waals surface area contributed by atoms with Gasteiger partial charge in [0.25, 0.3) is 0 Å². The number of hydrogen-bond acceptors (Lipinski definition) is 3. The van der Waals surface area contributed by atoms with Crippen LogP contribution in [0.5, 0.6) is 0 Å². The molecular formula is C12H18N2O2S. The highest BCUT2D eigenvalue weighted by Gasteiger charge is 2.13. The summed E-state index contributed by atoms with van der Waals surface area (Å²) in [5.74, 6) is 0.0978. The fourth-order valence-electron chi connectivity index (χ4n) is 2.10. The van der Waals surface area contributed by atoms with Gasteiger partial charge in [0.05, 0.1) is 5.75 Å². The van der Waals surface area contributed by atoms with Crippen LogP contribution in [0.2, 0.25) is 0 Å². The van der Waals surface area contributed by atoms with Gasteiger partial charge in [0, 0.05) is 12.2 Å². The Bertz CT molecular complexity index is 497. The molecule has 0 unspecified atom stereocenters. The minimum Gasteiger partial charge on any atom is -0.319 e. The molecule has 0 spiro atoms. The summed E-state index contributed by atoms with van der Waals surface area (Å²) in [6, 6.07) is 5.83. The van der Waals surface area contributed by atoms with Gasteiger partial charge in [0.2, 0.25) is 10.0 Å². The Hall–Kier alpha value is -1.07. The number of nitrogens with one attached hydrogen (secondary N) is 2. The second kappa shape index (κ2) is 5.06. The van der Waals surface area contributed by atoms with Crippen LogP contribution in [0.3, 0.4) is 0 Å². The first-order valence-electron chi connectivity index (χ1n) is 5.87. The Morgan fingerprint density at radius 3 is 2.76 bits per heavy atom. The maximum atomic E-state index is 11.7. The number of rotatable bonds is 5. The van der Waals surface area contributed by atoms with E-state index >= 15 is 0 Å². The Labute approximate surface area is 102 Å². The van der Waals surface area contributed by atoms with Gasteiger partial charge in [0.1, 0.15) is 0 Å². The second-order valence-corrected chi connectivity index (χ2v) is 6.20. The average Bonchev–Trinajstić information content (AvgIpc) is 2.73. The lowest BCUT2D eigenvalue weighted by Crippen LogP contribution is -2.24. The lowest BCUT2D eigenvalue weighted by molar-refractivity contribution is 0.599. The van der Waals surface area contributed by atoms with Gasteiger partial charge < -0.3 is 5.32 Å². The molecule has 0 atom stereocenters. The van der Waals surface area contributed by atoms with Crippen LogP contribution >= 0.6 is 0 Å². The van der Waals surface area contributed by atoms with Crippen molar-refractivity contribution in [3.63, 3.8) is 0 Å². The summed E-state index contributed by atoms with van der Waals surface area (Å²) >= 11 is 0. The number of sulfonamides is 1. The van der Waals surface area contributed by atoms with Crippen molar-refractivity contribution in [1.29, 1.82) is 0 Å². The molecular weight excluding hydrogens is 236 g/mol. The topological polar surface area (TPSA) is 58.2 Å². The molecule has 1 aliphatic carbocycles. The van der Waals surface area contributed by atoms with Crippen LogP contribution in [0.1, 0.15) is 17.5 Å². The van der Waals surface area contributed by atoms with Crippen LogP contribution in [0.25, 0.3) is 0 Å². The highest BCUT2D eigenvalue weighted by molar-refractivity contribution is 7.92. The molecule has 17 heavy (non-hydrogen) atoms. The quantitative estimate of drug-likeness (QED) is 0.828. The average molecular weight is 254 g/mol. The molecule has 0 heterocycles. The molecule has 0 saturated heterocycles. The van der Waals surface area contributed by atoms with Gasteiger partial charge in [0.15, 0.2) is 0 Å². The third kappa shape index (κ3) is 3.20. The molecule has 0 bridgehead atoms. The third-order valence-corrected chi connectivity index (χ3v) is 4.28. The number of hydrogen-bond donors (Lipinski definition) is 2. The monoisotopic (exact) mass is 254 g/mol. The molecule has 5 heteroatoms. The number of anilines is 1. The van der Waals surface area contributed by atoms with Crippen molar-refractivity contribution in [2.75, 3.05) is 24.1 Å². The Morgan fingerprint density at radius 1 is 1.24 bits per heavy atom. The van der Waals surface area contributed by atoms with Crippen molar-refractivity contribution in [1.82, 2.24) is 5.32 Å². The molecule has 0 aromatic heterocycles. The van der Waals surface area contributed by atoms with E-state index in [1.54, 1.807) is 7.05 Å². The standard InChI is InChI=1S/C12H18N2O2S/c1-13-7-8-17(15,16)14-12-6-5-10-3-2-4-11(10)9-12/h5-6,9,13-14H,2-4,7-8H2,1H3. The molecule has 1 aromatic carbocycles. The van der Waals surface area contributed by atoms with Gasteiger partial charge in [-0.05, 0) is 49.6 Å². The number of benzene rings is 1. The number of fused-ring (bicyclic) bond motifs is 1. The van der Waals surface area contributed by atoms with Crippen LogP contribution in [0.15, 0.2) is 18.2 Å². The Balaban J connectivity index is 2.09. The molecule has 2 N–H and O–H groups in total. The van der Waals surface area contributed by atoms with Crippen molar-refractivity contribution >= 4 is 15.7 Å². The van der Waals surface area contributed by atoms with Gasteiger partial charge in [-0.15, -0.1) is 0 Å². The molecule has 1 aromatic rings. The summed E-state index contributed by atoms with van der Waals surface area (Å²) in [4.78, 5) is 0. The lowest BCUT2D eigenvalue weighted by atomic mass is 10.1. The van der Waals surface area contributed by atoms with Crippen LogP contribution in [0.4, 0.5) is 5.69 Å². The summed E-state index contributed by atoms with van der Waals surface area (Å²) in [5, 5.41) is 2.83. The van der Waals surface area contributed by atoms with E-state index in [1.807, 2.05) is 18.2 Å². The van der Waals surface area contributed by atoms with Gasteiger partial charge in [-0.1, -0.05) is 6.07 Å². The minimum absolute atomic E-state index is 0.0978. The Kier molecular flexibility index (Phi) is 3.69. The first kappa shape index (κ1) is 12.4. The highest BCUT2D eigenvalue weighted by Crippen LogP contribution is 2.25. The minimum atomic E-state index is -3.23. The third-order valence-electron chi connectivity index (χ3n) is 2.99. The smallest absolute Gasteiger partial charge is 0.233 e. The second-order valence-electron chi connectivity index (χ2n) is 4.36. The first-order chi connectivity index (χ1) is 8.11. The summed E-state index contributed by atoms with van der Waals surface area (Å²) in [5.41, 5.74) is 3.31. The molecule has 0 amide bonds. The maximum Gasteiger partial charge on any atom is 0.233 e. The largest absolute Gasteiger partial charge is 0.319 e. The highest BCUT2D eigenvalue weighted by atomic mass is 32.2. The molecule has 0 saturated carbocycles. The maximum absolute atomic E-state index is 11.7. The van der Waals surface area contributed by atoms with Gasteiger partial charge >= 0.3 is 0 Å². The van der Waals surface area contributed by atoms with Gasteiger partial charge in [-0.2, -0.15) is 0 Å². The molecule has 94 valence electrons. The summed E-state index contributed by atoms with van der Waals surface area (Å²) in [7, 11) is -1.49. The van der Waals surface area contributed by atoms with Crippen molar-refractivity contribution in [2.24, 2.45) is 0 Å². The lowest BCUT2D eigenvalue weighted by Gasteiger charge is -2.09. The van der Waals surface area contributed by atoms with E-state index in [2.05, 4.69) is 10.0 Å². The summed E-state index contributed by atoms with van der Waals surface area (Å²) in [6.07, 6.45) is 3.34. The van der Waals surface area contributed by atoms with Crippen molar-refractivity contribution < 1.29 is 8.42 Å². The molecule has 4 nitrogen and oxygen atoms in total. The van der Waals surface area contributed by atoms with E-state index in [0.717, 1.165) is 12.8 Å². The van der Waals surface area contributed by atoms with E-state index in [9.17, 15) is 8.42 Å². The first-order valence-corrected chi connectivity index (χ1v) is 7.53. The summed E-state index contributed by atoms with van der Waals surface area (Å²) < 4.78 is 26.0. The van der Waals surface area contributed by atoms with Gasteiger partial charge in [-0.25, -0.2) is 8.42 Å². The van der Waals surface area contributed by atoms with Crippen molar-refractivity contribution in [3.8, 4) is 0 Å². The van der Waals surface area contributed by atoms with Crippen molar-refractivity contribution in [3.05, 3.63) is 29.3 Å². The van der Waals surface area contributed by atoms with E-state index in [-0.39, 0.29) is 5.75 Å². The molecule has 0 aliphatic heterocycles. The SMILES string of the molecule is CNCCS(=O)(=O)Nc1ccc2c(c1)CCC2. The predicted octanol–water partition coefficient (Wildman–Crippen LogP) is 1.14. The Morgan fingerprint density at radius 2 is 2.00 bits per heavy atom. The zero-order valence-electron chi connectivity index (χ0n) is 9.99. The molecule has 1 aliphatic rings. The predicted molar refractivity (Wildman–Crippen MR) is 69.8 cm³/mol. The normalized spacial score (nSPS) is 14.6. The van der Waals surface area contributed by atoms with E-state index < -0.39 is 10.0 Å². The van der Waals surface area contributed by atoms with E-state index in [0.29, 0.717) is 12.2 Å². The zero-order valence-corrected chi connectivity index (χ0v) is 10.8. The number of aryl methyl sites for hydroxylation is 2. The fraction of sp³-hybridized carbons (Fsp3) is 0.500. The van der Waals surface area contributed by atoms with Crippen molar-refractivity contribution in [2.45, 2.75) is 19.3 Å². The van der Waals surface area contributed by atoms with Crippen LogP contribution in [0, 0.1) is 0 Å². The zero-order chi connectivity index (χ0) is 12.3. The summed E-state index contributed by atoms with van der Waals surface area (Å²) in [6.45, 7) is 0.459. The molecule has 2 rings (SSSR count). The molecule has 0 fully saturated rings. The van der Waals surface area contributed by atoms with Crippen LogP contribution in [-0.4, -0.2) is 27.8 Å².